The minimum Gasteiger partial charge on any atom is -0.454 e. The molecule has 158 valence electrons. The molecule has 0 radical (unpaired) electrons. The Bertz CT molecular complexity index is 1210. The van der Waals surface area contributed by atoms with Crippen molar-refractivity contribution in [2.24, 2.45) is 0 Å². The number of hydrogen-bond acceptors (Lipinski definition) is 7. The number of hydrogen-bond donors (Lipinski definition) is 2. The average Bonchev–Trinajstić information content (AvgIpc) is 3.43. The lowest BCUT2D eigenvalue weighted by Crippen LogP contribution is -2.09. The quantitative estimate of drug-likeness (QED) is 0.463. The van der Waals surface area contributed by atoms with Gasteiger partial charge in [-0.05, 0) is 37.1 Å². The van der Waals surface area contributed by atoms with Gasteiger partial charge in [0, 0.05) is 19.1 Å². The average molecular weight is 416 g/mol. The van der Waals surface area contributed by atoms with Crippen LogP contribution in [0.3, 0.4) is 0 Å². The molecule has 2 aromatic carbocycles. The van der Waals surface area contributed by atoms with Crippen molar-refractivity contribution in [1.82, 2.24) is 19.5 Å². The number of nitrogens with one attached hydrogen (secondary N) is 2. The molecule has 0 aliphatic carbocycles. The van der Waals surface area contributed by atoms with Gasteiger partial charge in [-0.1, -0.05) is 36.4 Å². The van der Waals surface area contributed by atoms with Crippen molar-refractivity contribution in [3.05, 3.63) is 66.0 Å². The predicted octanol–water partition coefficient (Wildman–Crippen LogP) is 4.36. The van der Waals surface area contributed by atoms with E-state index in [0.717, 1.165) is 28.2 Å². The zero-order chi connectivity index (χ0) is 21.2. The number of imidazole rings is 1. The first-order valence-corrected chi connectivity index (χ1v) is 10.3. The van der Waals surface area contributed by atoms with Crippen molar-refractivity contribution < 1.29 is 9.47 Å². The summed E-state index contributed by atoms with van der Waals surface area (Å²) in [6.07, 6.45) is 1.82. The van der Waals surface area contributed by atoms with Gasteiger partial charge < -0.3 is 24.7 Å². The second kappa shape index (κ2) is 8.14. The van der Waals surface area contributed by atoms with E-state index in [0.29, 0.717) is 24.9 Å². The Morgan fingerprint density at radius 2 is 1.74 bits per heavy atom. The zero-order valence-electron chi connectivity index (χ0n) is 17.5. The van der Waals surface area contributed by atoms with Crippen LogP contribution in [-0.2, 0) is 13.1 Å². The lowest BCUT2D eigenvalue weighted by atomic mass is 10.2. The zero-order valence-corrected chi connectivity index (χ0v) is 17.5. The van der Waals surface area contributed by atoms with Crippen molar-refractivity contribution in [2.45, 2.75) is 33.0 Å². The molecule has 8 nitrogen and oxygen atoms in total. The number of nitrogens with zero attached hydrogens (tertiary/aromatic N) is 4. The lowest BCUT2D eigenvalue weighted by Gasteiger charge is -2.12. The van der Waals surface area contributed by atoms with Crippen molar-refractivity contribution in [3.63, 3.8) is 0 Å². The van der Waals surface area contributed by atoms with Crippen molar-refractivity contribution in [1.29, 1.82) is 0 Å². The highest BCUT2D eigenvalue weighted by Crippen LogP contribution is 2.32. The Labute approximate surface area is 180 Å². The molecule has 0 saturated heterocycles. The first kappa shape index (κ1) is 19.2. The second-order valence-electron chi connectivity index (χ2n) is 7.69. The Hall–Kier alpha value is -3.81. The molecule has 0 amide bonds. The molecule has 31 heavy (non-hydrogen) atoms. The fourth-order valence-electron chi connectivity index (χ4n) is 3.51. The van der Waals surface area contributed by atoms with Gasteiger partial charge in [-0.15, -0.1) is 0 Å². The van der Waals surface area contributed by atoms with Crippen LogP contribution in [0.15, 0.2) is 54.9 Å². The molecule has 0 atom stereocenters. The molecule has 8 heteroatoms. The van der Waals surface area contributed by atoms with Crippen LogP contribution in [0.1, 0.15) is 31.0 Å². The smallest absolute Gasteiger partial charge is 0.231 e. The van der Waals surface area contributed by atoms with Crippen LogP contribution in [0, 0.1) is 0 Å². The van der Waals surface area contributed by atoms with Crippen molar-refractivity contribution in [3.8, 4) is 11.5 Å². The number of anilines is 2. The Morgan fingerprint density at radius 1 is 0.935 bits per heavy atom. The van der Waals surface area contributed by atoms with Gasteiger partial charge in [-0.2, -0.15) is 9.97 Å². The van der Waals surface area contributed by atoms with E-state index in [-0.39, 0.29) is 12.8 Å². The molecule has 0 bridgehead atoms. The third-order valence-corrected chi connectivity index (χ3v) is 5.17. The summed E-state index contributed by atoms with van der Waals surface area (Å²) in [6.45, 7) is 5.71. The minimum atomic E-state index is 0.239. The van der Waals surface area contributed by atoms with Crippen LogP contribution in [0.2, 0.25) is 0 Å². The van der Waals surface area contributed by atoms with E-state index >= 15 is 0 Å². The molecule has 1 aliphatic heterocycles. The van der Waals surface area contributed by atoms with Crippen molar-refractivity contribution in [2.75, 3.05) is 17.4 Å². The van der Waals surface area contributed by atoms with Crippen LogP contribution in [0.25, 0.3) is 11.2 Å². The molecule has 4 aromatic rings. The number of ether oxygens (including phenoxy) is 2. The maximum atomic E-state index is 5.47. The predicted molar refractivity (Wildman–Crippen MR) is 119 cm³/mol. The van der Waals surface area contributed by atoms with E-state index in [1.54, 1.807) is 0 Å². The first-order chi connectivity index (χ1) is 15.2. The van der Waals surface area contributed by atoms with E-state index in [1.807, 2.05) is 42.7 Å². The molecule has 0 spiro atoms. The SMILES string of the molecule is CC(C)n1cnc2c(NCc3ccccc3)nc(NCc3ccc4c(c3)OCO4)nc21. The number of fused-ring (bicyclic) bond motifs is 2. The monoisotopic (exact) mass is 416 g/mol. The van der Waals surface area contributed by atoms with Gasteiger partial charge in [-0.25, -0.2) is 4.98 Å². The van der Waals surface area contributed by atoms with E-state index in [2.05, 4.69) is 46.2 Å². The molecular formula is C23H24N6O2. The lowest BCUT2D eigenvalue weighted by molar-refractivity contribution is 0.174. The fraction of sp³-hybridized carbons (Fsp3) is 0.261. The van der Waals surface area contributed by atoms with Crippen LogP contribution < -0.4 is 20.1 Å². The summed E-state index contributed by atoms with van der Waals surface area (Å²) < 4.78 is 12.9. The summed E-state index contributed by atoms with van der Waals surface area (Å²) in [5.41, 5.74) is 3.79. The normalized spacial score (nSPS) is 12.5. The van der Waals surface area contributed by atoms with E-state index < -0.39 is 0 Å². The van der Waals surface area contributed by atoms with Crippen LogP contribution in [0.4, 0.5) is 11.8 Å². The summed E-state index contributed by atoms with van der Waals surface area (Å²) in [6, 6.07) is 16.4. The van der Waals surface area contributed by atoms with Gasteiger partial charge in [0.05, 0.1) is 6.33 Å². The van der Waals surface area contributed by atoms with Crippen LogP contribution in [0.5, 0.6) is 11.5 Å². The molecular weight excluding hydrogens is 392 g/mol. The van der Waals surface area contributed by atoms with Crippen molar-refractivity contribution >= 4 is 22.9 Å². The number of aromatic nitrogens is 4. The molecule has 1 aliphatic rings. The number of rotatable bonds is 7. The van der Waals surface area contributed by atoms with Gasteiger partial charge in [0.25, 0.3) is 0 Å². The maximum Gasteiger partial charge on any atom is 0.231 e. The molecule has 0 unspecified atom stereocenters. The summed E-state index contributed by atoms with van der Waals surface area (Å²) in [5, 5.41) is 6.76. The van der Waals surface area contributed by atoms with E-state index in [4.69, 9.17) is 19.4 Å². The summed E-state index contributed by atoms with van der Waals surface area (Å²) in [4.78, 5) is 14.0. The Morgan fingerprint density at radius 3 is 2.58 bits per heavy atom. The highest BCUT2D eigenvalue weighted by molar-refractivity contribution is 5.84. The van der Waals surface area contributed by atoms with E-state index in [1.165, 1.54) is 5.56 Å². The standard InChI is InChI=1S/C23H24N6O2/c1-15(2)29-13-26-20-21(24-11-16-6-4-3-5-7-16)27-23(28-22(20)29)25-12-17-8-9-18-19(10-17)31-14-30-18/h3-10,13,15H,11-12,14H2,1-2H3,(H2,24,25,27,28). The highest BCUT2D eigenvalue weighted by atomic mass is 16.7. The summed E-state index contributed by atoms with van der Waals surface area (Å²) in [5.74, 6) is 2.79. The van der Waals surface area contributed by atoms with Gasteiger partial charge in [0.2, 0.25) is 12.7 Å². The third-order valence-electron chi connectivity index (χ3n) is 5.17. The fourth-order valence-corrected chi connectivity index (χ4v) is 3.51. The molecule has 3 heterocycles. The van der Waals surface area contributed by atoms with Crippen LogP contribution in [-0.4, -0.2) is 26.3 Å². The third kappa shape index (κ3) is 3.96. The maximum absolute atomic E-state index is 5.47. The highest BCUT2D eigenvalue weighted by Gasteiger charge is 2.16. The van der Waals surface area contributed by atoms with Gasteiger partial charge in [0.15, 0.2) is 28.5 Å². The summed E-state index contributed by atoms with van der Waals surface area (Å²) >= 11 is 0. The van der Waals surface area contributed by atoms with Gasteiger partial charge in [0.1, 0.15) is 0 Å². The van der Waals surface area contributed by atoms with E-state index in [9.17, 15) is 0 Å². The Kier molecular flexibility index (Phi) is 5.03. The molecule has 2 aromatic heterocycles. The minimum absolute atomic E-state index is 0.239. The molecule has 5 rings (SSSR count). The first-order valence-electron chi connectivity index (χ1n) is 10.3. The largest absolute Gasteiger partial charge is 0.454 e. The Balaban J connectivity index is 1.42. The molecule has 2 N–H and O–H groups in total. The van der Waals surface area contributed by atoms with Crippen LogP contribution >= 0.6 is 0 Å². The van der Waals surface area contributed by atoms with Gasteiger partial charge in [-0.3, -0.25) is 0 Å². The second-order valence-corrected chi connectivity index (χ2v) is 7.69. The van der Waals surface area contributed by atoms with Gasteiger partial charge >= 0.3 is 0 Å². The summed E-state index contributed by atoms with van der Waals surface area (Å²) in [7, 11) is 0. The topological polar surface area (TPSA) is 86.1 Å². The number of benzene rings is 2. The molecule has 0 fully saturated rings. The molecule has 0 saturated carbocycles.